The highest BCUT2D eigenvalue weighted by molar-refractivity contribution is 7.80. The first-order chi connectivity index (χ1) is 16.4. The molecule has 0 fully saturated rings. The van der Waals surface area contributed by atoms with Gasteiger partial charge in [0.25, 0.3) is 5.91 Å². The van der Waals surface area contributed by atoms with Crippen molar-refractivity contribution in [1.29, 1.82) is 0 Å². The Morgan fingerprint density at radius 3 is 2.47 bits per heavy atom. The summed E-state index contributed by atoms with van der Waals surface area (Å²) in [5, 5.41) is 8.13. The van der Waals surface area contributed by atoms with Gasteiger partial charge in [-0.15, -0.1) is 11.3 Å². The number of rotatable bonds is 6. The topological polar surface area (TPSA) is 85.6 Å². The summed E-state index contributed by atoms with van der Waals surface area (Å²) in [5.74, 6) is 1.60. The van der Waals surface area contributed by atoms with E-state index in [0.29, 0.717) is 22.4 Å². The summed E-state index contributed by atoms with van der Waals surface area (Å²) in [6, 6.07) is 15.0. The highest BCUT2D eigenvalue weighted by Crippen LogP contribution is 2.33. The van der Waals surface area contributed by atoms with Crippen LogP contribution in [0.4, 0.5) is 5.13 Å². The van der Waals surface area contributed by atoms with E-state index in [0.717, 1.165) is 22.4 Å². The third kappa shape index (κ3) is 5.11. The van der Waals surface area contributed by atoms with Crippen molar-refractivity contribution in [3.05, 3.63) is 70.8 Å². The van der Waals surface area contributed by atoms with Crippen LogP contribution in [-0.2, 0) is 0 Å². The molecule has 2 aromatic heterocycles. The standard InChI is InChI=1S/C25H23N3O4S2/c1-14-5-6-17(11-15(14)2)19-9-10-21(32-19)23(29)27-24(33)28-25-26-18(13-34-25)16-7-8-20(30-3)22(12-16)31-4/h5-13H,1-4H3,(H2,26,27,28,29,33). The first kappa shape index (κ1) is 23.5. The average Bonchev–Trinajstić information content (AvgIpc) is 3.50. The fraction of sp³-hybridized carbons (Fsp3) is 0.160. The van der Waals surface area contributed by atoms with E-state index in [2.05, 4.69) is 15.6 Å². The number of ether oxygens (including phenoxy) is 2. The number of methoxy groups -OCH3 is 2. The number of anilines is 1. The highest BCUT2D eigenvalue weighted by Gasteiger charge is 2.15. The van der Waals surface area contributed by atoms with Gasteiger partial charge in [-0.3, -0.25) is 10.1 Å². The molecule has 34 heavy (non-hydrogen) atoms. The van der Waals surface area contributed by atoms with Crippen LogP contribution in [-0.4, -0.2) is 30.2 Å². The van der Waals surface area contributed by atoms with Gasteiger partial charge in [-0.05, 0) is 73.6 Å². The van der Waals surface area contributed by atoms with Crippen molar-refractivity contribution in [2.75, 3.05) is 19.5 Å². The van der Waals surface area contributed by atoms with Crippen LogP contribution in [0.15, 0.2) is 58.3 Å². The third-order valence-electron chi connectivity index (χ3n) is 5.25. The van der Waals surface area contributed by atoms with Crippen LogP contribution in [0.25, 0.3) is 22.6 Å². The lowest BCUT2D eigenvalue weighted by Crippen LogP contribution is -2.33. The van der Waals surface area contributed by atoms with E-state index < -0.39 is 5.91 Å². The number of aryl methyl sites for hydroxylation is 2. The number of hydrogen-bond acceptors (Lipinski definition) is 7. The van der Waals surface area contributed by atoms with Crippen LogP contribution in [0, 0.1) is 13.8 Å². The summed E-state index contributed by atoms with van der Waals surface area (Å²) in [4.78, 5) is 17.1. The van der Waals surface area contributed by atoms with Crippen molar-refractivity contribution in [1.82, 2.24) is 10.3 Å². The zero-order valence-corrected chi connectivity index (χ0v) is 20.7. The lowest BCUT2D eigenvalue weighted by atomic mass is 10.1. The van der Waals surface area contributed by atoms with Crippen molar-refractivity contribution in [3.63, 3.8) is 0 Å². The second-order valence-corrected chi connectivity index (χ2v) is 8.75. The van der Waals surface area contributed by atoms with E-state index in [1.807, 2.05) is 55.6 Å². The number of thiazole rings is 1. The first-order valence-electron chi connectivity index (χ1n) is 10.4. The summed E-state index contributed by atoms with van der Waals surface area (Å²) in [5.41, 5.74) is 4.87. The number of nitrogens with one attached hydrogen (secondary N) is 2. The normalized spacial score (nSPS) is 10.6. The van der Waals surface area contributed by atoms with Gasteiger partial charge in [-0.25, -0.2) is 4.98 Å². The van der Waals surface area contributed by atoms with Gasteiger partial charge in [0.2, 0.25) is 0 Å². The monoisotopic (exact) mass is 493 g/mol. The van der Waals surface area contributed by atoms with Crippen molar-refractivity contribution in [2.24, 2.45) is 0 Å². The second-order valence-electron chi connectivity index (χ2n) is 7.48. The Balaban J connectivity index is 1.40. The van der Waals surface area contributed by atoms with Gasteiger partial charge < -0.3 is 19.2 Å². The van der Waals surface area contributed by atoms with E-state index in [1.54, 1.807) is 26.4 Å². The number of furan rings is 1. The fourth-order valence-electron chi connectivity index (χ4n) is 3.26. The summed E-state index contributed by atoms with van der Waals surface area (Å²) < 4.78 is 16.4. The lowest BCUT2D eigenvalue weighted by molar-refractivity contribution is 0.0951. The van der Waals surface area contributed by atoms with Crippen LogP contribution >= 0.6 is 23.6 Å². The molecule has 0 unspecified atom stereocenters. The number of amides is 1. The number of carbonyl (C=O) groups excluding carboxylic acids is 1. The van der Waals surface area contributed by atoms with Crippen LogP contribution in [0.5, 0.6) is 11.5 Å². The highest BCUT2D eigenvalue weighted by atomic mass is 32.1. The summed E-state index contributed by atoms with van der Waals surface area (Å²) in [6.07, 6.45) is 0. The molecular formula is C25H23N3O4S2. The number of thiocarbonyl (C=S) groups is 1. The predicted molar refractivity (Wildman–Crippen MR) is 138 cm³/mol. The maximum Gasteiger partial charge on any atom is 0.293 e. The molecule has 0 aliphatic heterocycles. The van der Waals surface area contributed by atoms with E-state index in [9.17, 15) is 4.79 Å². The smallest absolute Gasteiger partial charge is 0.293 e. The molecule has 0 aliphatic rings. The molecule has 7 nitrogen and oxygen atoms in total. The molecule has 0 aliphatic carbocycles. The number of benzene rings is 2. The molecule has 4 aromatic rings. The van der Waals surface area contributed by atoms with Crippen LogP contribution < -0.4 is 20.1 Å². The molecule has 4 rings (SSSR count). The van der Waals surface area contributed by atoms with E-state index in [4.69, 9.17) is 26.1 Å². The molecule has 174 valence electrons. The molecule has 0 spiro atoms. The van der Waals surface area contributed by atoms with Crippen LogP contribution in [0.1, 0.15) is 21.7 Å². The predicted octanol–water partition coefficient (Wildman–Crippen LogP) is 5.83. The molecular weight excluding hydrogens is 470 g/mol. The Hall–Kier alpha value is -3.69. The molecule has 9 heteroatoms. The molecule has 0 radical (unpaired) electrons. The van der Waals surface area contributed by atoms with E-state index in [1.165, 1.54) is 16.9 Å². The fourth-order valence-corrected chi connectivity index (χ4v) is 4.24. The molecule has 0 bridgehead atoms. The molecule has 0 atom stereocenters. The largest absolute Gasteiger partial charge is 0.493 e. The van der Waals surface area contributed by atoms with Crippen molar-refractivity contribution < 1.29 is 18.7 Å². The zero-order chi connectivity index (χ0) is 24.2. The maximum absolute atomic E-state index is 12.6. The van der Waals surface area contributed by atoms with E-state index >= 15 is 0 Å². The lowest BCUT2D eigenvalue weighted by Gasteiger charge is -2.08. The van der Waals surface area contributed by atoms with Gasteiger partial charge in [0.15, 0.2) is 27.5 Å². The zero-order valence-electron chi connectivity index (χ0n) is 19.1. The van der Waals surface area contributed by atoms with Gasteiger partial charge in [0.05, 0.1) is 19.9 Å². The Morgan fingerprint density at radius 2 is 1.74 bits per heavy atom. The number of hydrogen-bond donors (Lipinski definition) is 2. The molecule has 0 saturated carbocycles. The van der Waals surface area contributed by atoms with Gasteiger partial charge in [-0.1, -0.05) is 12.1 Å². The summed E-state index contributed by atoms with van der Waals surface area (Å²) in [6.45, 7) is 4.09. The minimum absolute atomic E-state index is 0.127. The summed E-state index contributed by atoms with van der Waals surface area (Å²) >= 11 is 6.65. The van der Waals surface area contributed by atoms with Gasteiger partial charge in [0, 0.05) is 16.5 Å². The second kappa shape index (κ2) is 10.1. The average molecular weight is 494 g/mol. The molecule has 2 N–H and O–H groups in total. The Labute approximate surface area is 206 Å². The van der Waals surface area contributed by atoms with Crippen molar-refractivity contribution in [3.8, 4) is 34.1 Å². The Bertz CT molecular complexity index is 1360. The SMILES string of the molecule is COc1ccc(-c2csc(NC(=S)NC(=O)c3ccc(-c4ccc(C)c(C)c4)o3)n2)cc1OC. The number of nitrogens with zero attached hydrogens (tertiary/aromatic N) is 1. The molecule has 2 heterocycles. The molecule has 2 aromatic carbocycles. The third-order valence-corrected chi connectivity index (χ3v) is 6.21. The minimum Gasteiger partial charge on any atom is -0.493 e. The Morgan fingerprint density at radius 1 is 0.971 bits per heavy atom. The number of aromatic nitrogens is 1. The minimum atomic E-state index is -0.441. The van der Waals surface area contributed by atoms with E-state index in [-0.39, 0.29) is 10.9 Å². The van der Waals surface area contributed by atoms with Gasteiger partial charge in [-0.2, -0.15) is 0 Å². The Kier molecular flexibility index (Phi) is 6.95. The summed E-state index contributed by atoms with van der Waals surface area (Å²) in [7, 11) is 3.17. The molecule has 0 saturated heterocycles. The van der Waals surface area contributed by atoms with Crippen LogP contribution in [0.2, 0.25) is 0 Å². The first-order valence-corrected chi connectivity index (χ1v) is 11.6. The quantitative estimate of drug-likeness (QED) is 0.327. The van der Waals surface area contributed by atoms with Crippen molar-refractivity contribution in [2.45, 2.75) is 13.8 Å². The van der Waals surface area contributed by atoms with Gasteiger partial charge in [0.1, 0.15) is 5.76 Å². The van der Waals surface area contributed by atoms with Crippen LogP contribution in [0.3, 0.4) is 0 Å². The van der Waals surface area contributed by atoms with Gasteiger partial charge >= 0.3 is 0 Å². The number of carbonyl (C=O) groups is 1. The molecule has 1 amide bonds. The maximum atomic E-state index is 12.6. The van der Waals surface area contributed by atoms with Crippen molar-refractivity contribution >= 4 is 39.7 Å².